The average molecular weight is 568 g/mol. The summed E-state index contributed by atoms with van der Waals surface area (Å²) in [5, 5.41) is 6.33. The quantitative estimate of drug-likeness (QED) is 0.209. The van der Waals surface area contributed by atoms with E-state index in [1.807, 2.05) is 36.4 Å². The van der Waals surface area contributed by atoms with Gasteiger partial charge in [-0.15, -0.1) is 22.7 Å². The van der Waals surface area contributed by atoms with Crippen LogP contribution in [0.15, 0.2) is 74.0 Å². The molecule has 0 bridgehead atoms. The Balaban J connectivity index is 1.48. The number of rotatable bonds is 2. The maximum absolute atomic E-state index is 13.5. The van der Waals surface area contributed by atoms with Crippen LogP contribution >= 0.6 is 38.6 Å². The zero-order valence-electron chi connectivity index (χ0n) is 19.8. The van der Waals surface area contributed by atoms with Gasteiger partial charge in [0, 0.05) is 36.2 Å². The van der Waals surface area contributed by atoms with Crippen LogP contribution in [0.4, 0.5) is 0 Å². The summed E-state index contributed by atoms with van der Waals surface area (Å²) in [6.07, 6.45) is 0. The van der Waals surface area contributed by atoms with Crippen molar-refractivity contribution in [2.24, 2.45) is 0 Å². The molecular weight excluding hydrogens is 548 g/mol. The first-order chi connectivity index (χ1) is 17.3. The Hall–Kier alpha value is -3.12. The minimum absolute atomic E-state index is 0.0279. The molecule has 2 heterocycles. The molecule has 0 aliphatic heterocycles. The Labute approximate surface area is 223 Å². The molecule has 2 aromatic heterocycles. The summed E-state index contributed by atoms with van der Waals surface area (Å²) >= 11 is 6.99. The molecule has 2 nitrogen and oxygen atoms in total. The second kappa shape index (κ2) is 7.69. The second-order valence-electron chi connectivity index (χ2n) is 9.55. The van der Waals surface area contributed by atoms with Crippen LogP contribution in [0.25, 0.3) is 64.0 Å². The van der Waals surface area contributed by atoms with Gasteiger partial charge in [0.25, 0.3) is 0 Å². The number of aryl methyl sites for hydroxylation is 3. The minimum Gasteiger partial charge on any atom is -0.289 e. The van der Waals surface area contributed by atoms with Crippen molar-refractivity contribution in [3.05, 3.63) is 101 Å². The molecule has 0 radical (unpaired) electrons. The lowest BCUT2D eigenvalue weighted by Crippen LogP contribution is -1.95. The predicted molar refractivity (Wildman–Crippen MR) is 160 cm³/mol. The number of hydrogen-bond acceptors (Lipinski definition) is 4. The van der Waals surface area contributed by atoms with Crippen LogP contribution in [0.3, 0.4) is 0 Å². The minimum atomic E-state index is 0.0279. The van der Waals surface area contributed by atoms with Gasteiger partial charge in [0.05, 0.1) is 3.79 Å². The largest absolute Gasteiger partial charge is 0.289 e. The fourth-order valence-corrected chi connectivity index (χ4v) is 8.33. The van der Waals surface area contributed by atoms with Crippen LogP contribution in [0.5, 0.6) is 0 Å². The normalized spacial score (nSPS) is 12.1. The topological polar surface area (TPSA) is 34.1 Å². The van der Waals surface area contributed by atoms with Crippen LogP contribution in [0.1, 0.15) is 16.0 Å². The Morgan fingerprint density at radius 3 is 1.44 bits per heavy atom. The predicted octanol–water partition coefficient (Wildman–Crippen LogP) is 9.04. The van der Waals surface area contributed by atoms with Crippen LogP contribution in [-0.4, -0.2) is 0 Å². The van der Waals surface area contributed by atoms with E-state index in [-0.39, 0.29) is 10.9 Å². The smallest absolute Gasteiger partial charge is 0.194 e. The van der Waals surface area contributed by atoms with E-state index < -0.39 is 0 Å². The average Bonchev–Trinajstić information content (AvgIpc) is 3.55. The molecule has 36 heavy (non-hydrogen) atoms. The van der Waals surface area contributed by atoms with Crippen molar-refractivity contribution in [2.45, 2.75) is 20.8 Å². The highest BCUT2D eigenvalue weighted by Crippen LogP contribution is 2.39. The van der Waals surface area contributed by atoms with Crippen molar-refractivity contribution >= 4 is 81.7 Å². The third-order valence-electron chi connectivity index (χ3n) is 7.21. The van der Waals surface area contributed by atoms with E-state index in [2.05, 4.69) is 61.0 Å². The fourth-order valence-electron chi connectivity index (χ4n) is 5.59. The first-order valence-electron chi connectivity index (χ1n) is 11.7. The van der Waals surface area contributed by atoms with Gasteiger partial charge in [-0.05, 0) is 117 Å². The van der Waals surface area contributed by atoms with E-state index in [1.54, 1.807) is 22.7 Å². The fraction of sp³-hybridized carbons (Fsp3) is 0.0968. The highest BCUT2D eigenvalue weighted by Gasteiger charge is 2.18. The third-order valence-corrected chi connectivity index (χ3v) is 10.2. The summed E-state index contributed by atoms with van der Waals surface area (Å²) in [5.74, 6) is 0. The standard InChI is InChI=1S/C31H19BrO2S2/c1-14-8-16(3)35-30(14)17-4-6-19-21-12-26-22(13-25(21)28(33)23(19)10-17)20-7-5-18(11-24(20)29(26)34)31-15(2)9-27(32)36-31/h4-13H,1-3H3. The van der Waals surface area contributed by atoms with E-state index in [1.165, 1.54) is 20.9 Å². The molecule has 174 valence electrons. The van der Waals surface area contributed by atoms with Crippen molar-refractivity contribution in [3.8, 4) is 20.9 Å². The van der Waals surface area contributed by atoms with Gasteiger partial charge in [-0.2, -0.15) is 0 Å². The summed E-state index contributed by atoms with van der Waals surface area (Å²) in [6.45, 7) is 6.30. The summed E-state index contributed by atoms with van der Waals surface area (Å²) in [7, 11) is 0. The maximum atomic E-state index is 13.5. The van der Waals surface area contributed by atoms with Gasteiger partial charge in [0.15, 0.2) is 10.9 Å². The van der Waals surface area contributed by atoms with Gasteiger partial charge < -0.3 is 0 Å². The Bertz CT molecular complexity index is 1980. The Kier molecular flexibility index (Phi) is 4.72. The summed E-state index contributed by atoms with van der Waals surface area (Å²) in [5.41, 5.74) is 4.59. The SMILES string of the molecule is Cc1cc(C)c(-c2ccc3c(c2)c(=O)c2cc4c(cc23)c(=O)c2cc(-c3sc(Br)cc3C)ccc24)s1. The van der Waals surface area contributed by atoms with Crippen molar-refractivity contribution < 1.29 is 0 Å². The van der Waals surface area contributed by atoms with Gasteiger partial charge in [-0.1, -0.05) is 24.3 Å². The highest BCUT2D eigenvalue weighted by atomic mass is 79.9. The molecule has 0 spiro atoms. The van der Waals surface area contributed by atoms with Gasteiger partial charge in [0.1, 0.15) is 0 Å². The number of benzene rings is 3. The molecule has 0 unspecified atom stereocenters. The van der Waals surface area contributed by atoms with Gasteiger partial charge >= 0.3 is 0 Å². The molecular formula is C31H19BrO2S2. The molecule has 7 rings (SSSR count). The summed E-state index contributed by atoms with van der Waals surface area (Å²) < 4.78 is 1.08. The van der Waals surface area contributed by atoms with Crippen molar-refractivity contribution in [3.63, 3.8) is 0 Å². The molecule has 0 atom stereocenters. The van der Waals surface area contributed by atoms with Crippen molar-refractivity contribution in [1.29, 1.82) is 0 Å². The van der Waals surface area contributed by atoms with Crippen LogP contribution in [-0.2, 0) is 0 Å². The maximum Gasteiger partial charge on any atom is 0.194 e. The molecule has 0 aliphatic carbocycles. The Morgan fingerprint density at radius 2 is 1.00 bits per heavy atom. The molecule has 0 saturated carbocycles. The highest BCUT2D eigenvalue weighted by molar-refractivity contribution is 9.11. The van der Waals surface area contributed by atoms with E-state index in [0.29, 0.717) is 16.2 Å². The van der Waals surface area contributed by atoms with Crippen molar-refractivity contribution in [2.75, 3.05) is 0 Å². The van der Waals surface area contributed by atoms with Crippen molar-refractivity contribution in [1.82, 2.24) is 0 Å². The van der Waals surface area contributed by atoms with Gasteiger partial charge in [0.2, 0.25) is 0 Å². The summed E-state index contributed by atoms with van der Waals surface area (Å²) in [4.78, 5) is 30.7. The molecule has 0 aliphatic rings. The number of fused-ring (bicyclic) bond motifs is 6. The molecule has 0 fully saturated rings. The first-order valence-corrected chi connectivity index (χ1v) is 14.1. The van der Waals surface area contributed by atoms with Crippen LogP contribution in [0.2, 0.25) is 0 Å². The van der Waals surface area contributed by atoms with E-state index in [9.17, 15) is 9.59 Å². The zero-order chi connectivity index (χ0) is 24.9. The van der Waals surface area contributed by atoms with Crippen LogP contribution in [0, 0.1) is 20.8 Å². The number of hydrogen-bond donors (Lipinski definition) is 0. The lowest BCUT2D eigenvalue weighted by Gasteiger charge is -2.01. The van der Waals surface area contributed by atoms with E-state index in [4.69, 9.17) is 0 Å². The van der Waals surface area contributed by atoms with Gasteiger partial charge in [-0.25, -0.2) is 0 Å². The first kappa shape index (κ1) is 22.1. The number of halogens is 1. The van der Waals surface area contributed by atoms with Gasteiger partial charge in [-0.3, -0.25) is 9.59 Å². The molecule has 5 aromatic carbocycles. The monoisotopic (exact) mass is 566 g/mol. The molecule has 0 N–H and O–H groups in total. The van der Waals surface area contributed by atoms with E-state index in [0.717, 1.165) is 46.7 Å². The molecule has 7 aromatic rings. The lowest BCUT2D eigenvalue weighted by atomic mass is 10.0. The third kappa shape index (κ3) is 3.06. The van der Waals surface area contributed by atoms with E-state index >= 15 is 0 Å². The molecule has 0 saturated heterocycles. The summed E-state index contributed by atoms with van der Waals surface area (Å²) in [6, 6.07) is 20.4. The van der Waals surface area contributed by atoms with Crippen LogP contribution < -0.4 is 10.9 Å². The molecule has 0 amide bonds. The number of thiophene rings is 2. The lowest BCUT2D eigenvalue weighted by molar-refractivity contribution is 1.50. The zero-order valence-corrected chi connectivity index (χ0v) is 23.0. The molecule has 5 heteroatoms. The second-order valence-corrected chi connectivity index (χ2v) is 13.2. The Morgan fingerprint density at radius 1 is 0.528 bits per heavy atom.